The lowest BCUT2D eigenvalue weighted by atomic mass is 9.76. The molecule has 0 aromatic carbocycles. The molecule has 3 fully saturated rings. The second-order valence-corrected chi connectivity index (χ2v) is 8.87. The van der Waals surface area contributed by atoms with Crippen molar-refractivity contribution in [3.8, 4) is 11.4 Å². The van der Waals surface area contributed by atoms with E-state index < -0.39 is 11.7 Å². The lowest BCUT2D eigenvalue weighted by Gasteiger charge is -2.50. The standard InChI is InChI=1S/C24H23F3N6O/c1-14-9-17(22-28-7-2-8-29-22)21(31-11-14)23(34)33-13-15-3-5-19(33)18(10-15)32-20-6-4-16(12-30-20)24(25,26)27/h2,4,6-9,11-12,15,18-19H,3,5,10,13H2,1H3,(H,30,32)/t15-,18-,19+/m1/s1. The first-order chi connectivity index (χ1) is 16.3. The van der Waals surface area contributed by atoms with Gasteiger partial charge in [0.25, 0.3) is 5.91 Å². The molecule has 2 saturated heterocycles. The second-order valence-electron chi connectivity index (χ2n) is 8.87. The van der Waals surface area contributed by atoms with Gasteiger partial charge in [0.2, 0.25) is 0 Å². The number of amides is 1. The molecule has 1 saturated carbocycles. The lowest BCUT2D eigenvalue weighted by molar-refractivity contribution is -0.137. The zero-order valence-corrected chi connectivity index (χ0v) is 18.5. The van der Waals surface area contributed by atoms with Crippen LogP contribution in [-0.4, -0.2) is 49.4 Å². The van der Waals surface area contributed by atoms with Crippen molar-refractivity contribution < 1.29 is 18.0 Å². The minimum Gasteiger partial charge on any atom is -0.365 e. The smallest absolute Gasteiger partial charge is 0.365 e. The van der Waals surface area contributed by atoms with Gasteiger partial charge in [-0.25, -0.2) is 15.0 Å². The first-order valence-electron chi connectivity index (χ1n) is 11.1. The van der Waals surface area contributed by atoms with Gasteiger partial charge in [-0.3, -0.25) is 9.78 Å². The fourth-order valence-electron chi connectivity index (χ4n) is 4.90. The maximum atomic E-state index is 13.7. The molecule has 1 N–H and O–H groups in total. The molecule has 176 valence electrons. The molecule has 0 unspecified atom stereocenters. The average molecular weight is 468 g/mol. The maximum Gasteiger partial charge on any atom is 0.417 e. The number of pyridine rings is 2. The largest absolute Gasteiger partial charge is 0.417 e. The minimum atomic E-state index is -4.43. The third kappa shape index (κ3) is 4.32. The molecule has 10 heteroatoms. The molecule has 0 spiro atoms. The topological polar surface area (TPSA) is 83.9 Å². The number of nitrogens with zero attached hydrogens (tertiary/aromatic N) is 5. The summed E-state index contributed by atoms with van der Waals surface area (Å²) >= 11 is 0. The van der Waals surface area contributed by atoms with E-state index in [2.05, 4.69) is 25.3 Å². The fourth-order valence-corrected chi connectivity index (χ4v) is 4.90. The Bertz CT molecular complexity index is 1190. The number of hydrogen-bond acceptors (Lipinski definition) is 6. The van der Waals surface area contributed by atoms with Crippen LogP contribution in [0.25, 0.3) is 11.4 Å². The van der Waals surface area contributed by atoms with Crippen molar-refractivity contribution in [1.29, 1.82) is 0 Å². The summed E-state index contributed by atoms with van der Waals surface area (Å²) in [4.78, 5) is 32.5. The molecular weight excluding hydrogens is 445 g/mol. The van der Waals surface area contributed by atoms with Crippen molar-refractivity contribution >= 4 is 11.7 Å². The van der Waals surface area contributed by atoms with Gasteiger partial charge in [-0.15, -0.1) is 0 Å². The molecular formula is C24H23F3N6O. The summed E-state index contributed by atoms with van der Waals surface area (Å²) < 4.78 is 38.6. The normalized spacial score (nSPS) is 22.0. The van der Waals surface area contributed by atoms with E-state index in [-0.39, 0.29) is 18.0 Å². The van der Waals surface area contributed by atoms with Crippen molar-refractivity contribution in [1.82, 2.24) is 24.8 Å². The van der Waals surface area contributed by atoms with Gasteiger partial charge in [-0.1, -0.05) is 0 Å². The zero-order chi connectivity index (χ0) is 23.9. The molecule has 2 bridgehead atoms. The quantitative estimate of drug-likeness (QED) is 0.612. The van der Waals surface area contributed by atoms with E-state index in [1.54, 1.807) is 24.7 Å². The van der Waals surface area contributed by atoms with Crippen LogP contribution in [0.3, 0.4) is 0 Å². The number of hydrogen-bond donors (Lipinski definition) is 1. The van der Waals surface area contributed by atoms with Crippen LogP contribution in [0.5, 0.6) is 0 Å². The predicted molar refractivity (Wildman–Crippen MR) is 119 cm³/mol. The van der Waals surface area contributed by atoms with Crippen LogP contribution in [0.2, 0.25) is 0 Å². The first-order valence-corrected chi connectivity index (χ1v) is 11.1. The molecule has 7 nitrogen and oxygen atoms in total. The van der Waals surface area contributed by atoms with Crippen LogP contribution >= 0.6 is 0 Å². The number of rotatable bonds is 4. The van der Waals surface area contributed by atoms with E-state index in [4.69, 9.17) is 0 Å². The number of halogens is 3. The monoisotopic (exact) mass is 468 g/mol. The highest BCUT2D eigenvalue weighted by atomic mass is 19.4. The Morgan fingerprint density at radius 2 is 1.88 bits per heavy atom. The number of alkyl halides is 3. The summed E-state index contributed by atoms with van der Waals surface area (Å²) in [6.07, 6.45) is 3.93. The average Bonchev–Trinajstić information content (AvgIpc) is 2.84. The Kier molecular flexibility index (Phi) is 5.66. The summed E-state index contributed by atoms with van der Waals surface area (Å²) in [5, 5.41) is 3.27. The lowest BCUT2D eigenvalue weighted by Crippen LogP contribution is -2.60. The van der Waals surface area contributed by atoms with Gasteiger partial charge >= 0.3 is 6.18 Å². The van der Waals surface area contributed by atoms with Gasteiger partial charge < -0.3 is 10.2 Å². The minimum absolute atomic E-state index is 0.109. The Labute approximate surface area is 194 Å². The molecule has 3 atom stereocenters. The van der Waals surface area contributed by atoms with Crippen LogP contribution in [-0.2, 0) is 6.18 Å². The van der Waals surface area contributed by atoms with Gasteiger partial charge in [-0.05, 0) is 61.9 Å². The molecule has 5 heterocycles. The number of nitrogens with one attached hydrogen (secondary N) is 1. The van der Waals surface area contributed by atoms with Gasteiger partial charge in [0, 0.05) is 37.4 Å². The highest BCUT2D eigenvalue weighted by Gasteiger charge is 2.44. The molecule has 1 aliphatic carbocycles. The second kappa shape index (κ2) is 8.66. The third-order valence-corrected chi connectivity index (χ3v) is 6.50. The van der Waals surface area contributed by atoms with Gasteiger partial charge in [-0.2, -0.15) is 13.2 Å². The van der Waals surface area contributed by atoms with E-state index in [9.17, 15) is 18.0 Å². The highest BCUT2D eigenvalue weighted by molar-refractivity contribution is 5.98. The van der Waals surface area contributed by atoms with E-state index in [0.717, 1.165) is 37.1 Å². The molecule has 34 heavy (non-hydrogen) atoms. The number of carbonyl (C=O) groups is 1. The molecule has 1 amide bonds. The Hall–Kier alpha value is -3.56. The van der Waals surface area contributed by atoms with Crippen LogP contribution in [0, 0.1) is 12.8 Å². The number of anilines is 1. The molecule has 0 radical (unpaired) electrons. The van der Waals surface area contributed by atoms with Crippen LogP contribution < -0.4 is 5.32 Å². The number of carbonyl (C=O) groups excluding carboxylic acids is 1. The Morgan fingerprint density at radius 1 is 1.09 bits per heavy atom. The molecule has 6 rings (SSSR count). The van der Waals surface area contributed by atoms with Crippen molar-refractivity contribution in [3.63, 3.8) is 0 Å². The SMILES string of the molecule is Cc1cnc(C(=O)N2C[C@@H]3CC[C@H]2[C@H](Nc2ccc(C(F)(F)F)cn2)C3)c(-c2ncccn2)c1. The van der Waals surface area contributed by atoms with Gasteiger partial charge in [0.15, 0.2) is 5.82 Å². The third-order valence-electron chi connectivity index (χ3n) is 6.50. The van der Waals surface area contributed by atoms with Crippen LogP contribution in [0.1, 0.15) is 40.9 Å². The number of piperidine rings is 2. The number of aromatic nitrogens is 4. The number of aryl methyl sites for hydroxylation is 1. The first kappa shape index (κ1) is 22.2. The molecule has 3 aromatic heterocycles. The van der Waals surface area contributed by atoms with E-state index >= 15 is 0 Å². The van der Waals surface area contributed by atoms with Crippen LogP contribution in [0.15, 0.2) is 49.1 Å². The van der Waals surface area contributed by atoms with Crippen molar-refractivity contribution in [2.75, 3.05) is 11.9 Å². The molecule has 3 aliphatic rings. The molecule has 3 aromatic rings. The number of fused-ring (bicyclic) bond motifs is 3. The van der Waals surface area contributed by atoms with E-state index in [1.165, 1.54) is 6.07 Å². The zero-order valence-electron chi connectivity index (χ0n) is 18.5. The van der Waals surface area contributed by atoms with Crippen LogP contribution in [0.4, 0.5) is 19.0 Å². The van der Waals surface area contributed by atoms with Crippen molar-refractivity contribution in [3.05, 3.63) is 65.9 Å². The van der Waals surface area contributed by atoms with E-state index in [1.807, 2.05) is 17.9 Å². The summed E-state index contributed by atoms with van der Waals surface area (Å²) in [5.41, 5.74) is 0.991. The summed E-state index contributed by atoms with van der Waals surface area (Å²) in [6, 6.07) is 5.70. The maximum absolute atomic E-state index is 13.7. The summed E-state index contributed by atoms with van der Waals surface area (Å²) in [7, 11) is 0. The fraction of sp³-hybridized carbons (Fsp3) is 0.375. The summed E-state index contributed by atoms with van der Waals surface area (Å²) in [5.74, 6) is 0.907. The Morgan fingerprint density at radius 3 is 2.56 bits per heavy atom. The van der Waals surface area contributed by atoms with Gasteiger partial charge in [0.1, 0.15) is 11.5 Å². The van der Waals surface area contributed by atoms with Crippen molar-refractivity contribution in [2.24, 2.45) is 5.92 Å². The predicted octanol–water partition coefficient (Wildman–Crippen LogP) is 4.37. The molecule has 2 aliphatic heterocycles. The Balaban J connectivity index is 1.40. The highest BCUT2D eigenvalue weighted by Crippen LogP contribution is 2.38. The summed E-state index contributed by atoms with van der Waals surface area (Å²) in [6.45, 7) is 2.51. The van der Waals surface area contributed by atoms with Crippen molar-refractivity contribution in [2.45, 2.75) is 44.4 Å². The van der Waals surface area contributed by atoms with Gasteiger partial charge in [0.05, 0.1) is 17.2 Å². The van der Waals surface area contributed by atoms with E-state index in [0.29, 0.717) is 35.4 Å².